The highest BCUT2D eigenvalue weighted by Gasteiger charge is 2.09. The lowest BCUT2D eigenvalue weighted by Gasteiger charge is -2.08. The van der Waals surface area contributed by atoms with E-state index < -0.39 is 0 Å². The van der Waals surface area contributed by atoms with Crippen molar-refractivity contribution in [2.24, 2.45) is 0 Å². The molecular weight excluding hydrogens is 282 g/mol. The minimum absolute atomic E-state index is 0.441. The fraction of sp³-hybridized carbons (Fsp3) is 0.231. The van der Waals surface area contributed by atoms with Gasteiger partial charge in [-0.15, -0.1) is 0 Å². The van der Waals surface area contributed by atoms with Crippen LogP contribution in [0.2, 0.25) is 5.02 Å². The molecule has 0 amide bonds. The summed E-state index contributed by atoms with van der Waals surface area (Å²) in [4.78, 5) is 8.18. The van der Waals surface area contributed by atoms with Crippen LogP contribution in [0.15, 0.2) is 35.6 Å². The first kappa shape index (κ1) is 14.0. The van der Waals surface area contributed by atoms with Gasteiger partial charge in [0.05, 0.1) is 6.61 Å². The molecule has 1 aromatic heterocycles. The molecule has 1 heterocycles. The Hall–Kier alpha value is -1.46. The maximum atomic E-state index is 5.97. The van der Waals surface area contributed by atoms with Crippen molar-refractivity contribution in [3.05, 3.63) is 41.2 Å². The van der Waals surface area contributed by atoms with Crippen LogP contribution in [-0.4, -0.2) is 16.6 Å². The molecule has 100 valence electrons. The zero-order valence-electron chi connectivity index (χ0n) is 10.5. The molecule has 0 aliphatic rings. The van der Waals surface area contributed by atoms with E-state index in [0.717, 1.165) is 21.4 Å². The molecular formula is C13H14ClN3OS. The van der Waals surface area contributed by atoms with Crippen molar-refractivity contribution in [2.45, 2.75) is 17.7 Å². The Bertz CT molecular complexity index is 548. The molecule has 0 atom stereocenters. The number of aromatic nitrogens is 2. The monoisotopic (exact) mass is 295 g/mol. The summed E-state index contributed by atoms with van der Waals surface area (Å²) in [6.07, 6.45) is 1.46. The molecule has 2 rings (SSSR count). The van der Waals surface area contributed by atoms with Gasteiger partial charge in [-0.2, -0.15) is 4.98 Å². The first-order valence-electron chi connectivity index (χ1n) is 5.81. The van der Waals surface area contributed by atoms with Crippen LogP contribution in [0.4, 0.5) is 5.69 Å². The van der Waals surface area contributed by atoms with E-state index >= 15 is 0 Å². The summed E-state index contributed by atoms with van der Waals surface area (Å²) in [5.41, 5.74) is 7.61. The van der Waals surface area contributed by atoms with Gasteiger partial charge in [-0.1, -0.05) is 35.5 Å². The predicted molar refractivity (Wildman–Crippen MR) is 78.6 cm³/mol. The molecule has 2 aromatic rings. The number of nitrogens with zero attached hydrogens (tertiary/aromatic N) is 2. The Kier molecular flexibility index (Phi) is 4.87. The molecule has 0 saturated carbocycles. The zero-order chi connectivity index (χ0) is 13.7. The second kappa shape index (κ2) is 6.63. The van der Waals surface area contributed by atoms with Crippen molar-refractivity contribution in [1.29, 1.82) is 0 Å². The number of ether oxygens (including phenoxy) is 1. The van der Waals surface area contributed by atoms with Crippen molar-refractivity contribution < 1.29 is 4.74 Å². The van der Waals surface area contributed by atoms with E-state index in [9.17, 15) is 0 Å². The summed E-state index contributed by atoms with van der Waals surface area (Å²) in [5, 5.41) is 1.46. The van der Waals surface area contributed by atoms with Gasteiger partial charge < -0.3 is 10.5 Å². The van der Waals surface area contributed by atoms with Gasteiger partial charge in [0.15, 0.2) is 0 Å². The molecule has 0 saturated heterocycles. The number of rotatable bonds is 5. The average molecular weight is 296 g/mol. The molecule has 19 heavy (non-hydrogen) atoms. The summed E-state index contributed by atoms with van der Waals surface area (Å²) < 4.78 is 5.34. The molecule has 6 heteroatoms. The molecule has 0 spiro atoms. The van der Waals surface area contributed by atoms with E-state index in [1.165, 1.54) is 6.33 Å². The van der Waals surface area contributed by atoms with Crippen molar-refractivity contribution >= 4 is 29.1 Å². The highest BCUT2D eigenvalue weighted by Crippen LogP contribution is 2.30. The highest BCUT2D eigenvalue weighted by atomic mass is 35.5. The number of hydrogen-bond donors (Lipinski definition) is 1. The molecule has 1 aromatic carbocycles. The second-order valence-corrected chi connectivity index (χ2v) is 5.15. The van der Waals surface area contributed by atoms with Gasteiger partial charge in [0.1, 0.15) is 17.0 Å². The first-order chi connectivity index (χ1) is 9.20. The zero-order valence-corrected chi connectivity index (χ0v) is 12.0. The quantitative estimate of drug-likeness (QED) is 0.676. The van der Waals surface area contributed by atoms with E-state index in [4.69, 9.17) is 22.1 Å². The molecule has 4 nitrogen and oxygen atoms in total. The largest absolute Gasteiger partial charge is 0.476 e. The van der Waals surface area contributed by atoms with E-state index in [2.05, 4.69) is 9.97 Å². The van der Waals surface area contributed by atoms with Crippen LogP contribution in [0.3, 0.4) is 0 Å². The van der Waals surface area contributed by atoms with Crippen LogP contribution < -0.4 is 10.5 Å². The highest BCUT2D eigenvalue weighted by molar-refractivity contribution is 7.98. The van der Waals surface area contributed by atoms with Crippen molar-refractivity contribution in [3.63, 3.8) is 0 Å². The lowest BCUT2D eigenvalue weighted by atomic mass is 10.2. The van der Waals surface area contributed by atoms with Crippen LogP contribution in [0.5, 0.6) is 5.88 Å². The third kappa shape index (κ3) is 3.75. The van der Waals surface area contributed by atoms with Crippen molar-refractivity contribution in [1.82, 2.24) is 9.97 Å². The Morgan fingerprint density at radius 2 is 2.00 bits per heavy atom. The first-order valence-corrected chi connectivity index (χ1v) is 7.17. The SMILES string of the molecule is CCOc1ncnc(SCc2ccc(Cl)cc2)c1N. The summed E-state index contributed by atoms with van der Waals surface area (Å²) in [7, 11) is 0. The van der Waals surface area contributed by atoms with Crippen LogP contribution >= 0.6 is 23.4 Å². The Morgan fingerprint density at radius 1 is 1.26 bits per heavy atom. The summed E-state index contributed by atoms with van der Waals surface area (Å²) in [6.45, 7) is 2.42. The molecule has 0 fully saturated rings. The number of benzene rings is 1. The Balaban J connectivity index is 2.07. The number of nitrogen functional groups attached to an aromatic ring is 1. The third-order valence-corrected chi connectivity index (χ3v) is 3.71. The minimum Gasteiger partial charge on any atom is -0.476 e. The topological polar surface area (TPSA) is 61.0 Å². The lowest BCUT2D eigenvalue weighted by molar-refractivity contribution is 0.327. The molecule has 0 bridgehead atoms. The average Bonchev–Trinajstić information content (AvgIpc) is 2.42. The van der Waals surface area contributed by atoms with Gasteiger partial charge in [-0.3, -0.25) is 0 Å². The van der Waals surface area contributed by atoms with Gasteiger partial charge in [0.25, 0.3) is 0 Å². The molecule has 2 N–H and O–H groups in total. The number of hydrogen-bond acceptors (Lipinski definition) is 5. The normalized spacial score (nSPS) is 10.4. The van der Waals surface area contributed by atoms with E-state index in [1.54, 1.807) is 11.8 Å². The Labute approximate surface area is 121 Å². The maximum Gasteiger partial charge on any atom is 0.241 e. The Morgan fingerprint density at radius 3 is 2.68 bits per heavy atom. The number of thioether (sulfide) groups is 1. The number of halogens is 1. The molecule has 0 unspecified atom stereocenters. The van der Waals surface area contributed by atoms with E-state index in [1.807, 2.05) is 31.2 Å². The smallest absolute Gasteiger partial charge is 0.241 e. The van der Waals surface area contributed by atoms with Crippen LogP contribution in [0.25, 0.3) is 0 Å². The molecule has 0 aliphatic heterocycles. The molecule has 0 radical (unpaired) electrons. The number of nitrogens with two attached hydrogens (primary N) is 1. The summed E-state index contributed by atoms with van der Waals surface area (Å²) >= 11 is 7.39. The van der Waals surface area contributed by atoms with Crippen LogP contribution in [0, 0.1) is 0 Å². The van der Waals surface area contributed by atoms with E-state index in [-0.39, 0.29) is 0 Å². The summed E-state index contributed by atoms with van der Waals surface area (Å²) in [6, 6.07) is 7.70. The minimum atomic E-state index is 0.441. The maximum absolute atomic E-state index is 5.97. The van der Waals surface area contributed by atoms with E-state index in [0.29, 0.717) is 18.2 Å². The van der Waals surface area contributed by atoms with Gasteiger partial charge in [0, 0.05) is 10.8 Å². The predicted octanol–water partition coefficient (Wildman–Crippen LogP) is 3.40. The van der Waals surface area contributed by atoms with Gasteiger partial charge in [-0.25, -0.2) is 4.98 Å². The van der Waals surface area contributed by atoms with Crippen LogP contribution in [-0.2, 0) is 5.75 Å². The fourth-order valence-electron chi connectivity index (χ4n) is 1.46. The van der Waals surface area contributed by atoms with Gasteiger partial charge in [-0.05, 0) is 24.6 Å². The molecule has 0 aliphatic carbocycles. The third-order valence-electron chi connectivity index (χ3n) is 2.38. The van der Waals surface area contributed by atoms with Crippen LogP contribution in [0.1, 0.15) is 12.5 Å². The van der Waals surface area contributed by atoms with Crippen molar-refractivity contribution in [3.8, 4) is 5.88 Å². The number of anilines is 1. The standard InChI is InChI=1S/C13H14ClN3OS/c1-2-18-12-11(15)13(17-8-16-12)19-7-9-3-5-10(14)6-4-9/h3-6,8H,2,7,15H2,1H3. The fourth-order valence-corrected chi connectivity index (χ4v) is 2.45. The van der Waals surface area contributed by atoms with Crippen molar-refractivity contribution in [2.75, 3.05) is 12.3 Å². The summed E-state index contributed by atoms with van der Waals surface area (Å²) in [5.74, 6) is 1.21. The van der Waals surface area contributed by atoms with Gasteiger partial charge in [0.2, 0.25) is 5.88 Å². The van der Waals surface area contributed by atoms with Gasteiger partial charge >= 0.3 is 0 Å². The lowest BCUT2D eigenvalue weighted by Crippen LogP contribution is -2.02. The second-order valence-electron chi connectivity index (χ2n) is 3.75.